The summed E-state index contributed by atoms with van der Waals surface area (Å²) in [5.74, 6) is -0.0931. The van der Waals surface area contributed by atoms with E-state index in [9.17, 15) is 9.59 Å². The van der Waals surface area contributed by atoms with Gasteiger partial charge in [0.05, 0.1) is 13.2 Å². The van der Waals surface area contributed by atoms with Gasteiger partial charge >= 0.3 is 0 Å². The first kappa shape index (κ1) is 16.9. The van der Waals surface area contributed by atoms with Crippen LogP contribution < -0.4 is 16.0 Å². The Morgan fingerprint density at radius 3 is 2.58 bits per heavy atom. The molecule has 1 aromatic carbocycles. The lowest BCUT2D eigenvalue weighted by Gasteiger charge is -2.23. The maximum atomic E-state index is 12.2. The van der Waals surface area contributed by atoms with Crippen molar-refractivity contribution in [2.75, 3.05) is 25.1 Å². The molecule has 0 bridgehead atoms. The molecule has 1 aliphatic carbocycles. The van der Waals surface area contributed by atoms with Gasteiger partial charge in [-0.25, -0.2) is 0 Å². The molecule has 1 atom stereocenters. The number of carbonyl (C=O) groups excluding carboxylic acids is 2. The van der Waals surface area contributed by atoms with Crippen molar-refractivity contribution in [2.24, 2.45) is 0 Å². The van der Waals surface area contributed by atoms with Crippen LogP contribution in [0.3, 0.4) is 0 Å². The molecule has 0 aromatic heterocycles. The van der Waals surface area contributed by atoms with Crippen molar-refractivity contribution in [3.63, 3.8) is 0 Å². The van der Waals surface area contributed by atoms with Crippen molar-refractivity contribution in [2.45, 2.75) is 44.2 Å². The third-order valence-corrected chi connectivity index (χ3v) is 4.55. The molecule has 3 rings (SSSR count). The molecule has 1 heterocycles. The molecule has 6 nitrogen and oxygen atoms in total. The van der Waals surface area contributed by atoms with Crippen LogP contribution in [0, 0.1) is 0 Å². The normalized spacial score (nSPS) is 21.4. The molecule has 2 fully saturated rings. The number of nitrogens with one attached hydrogen (secondary N) is 3. The zero-order valence-corrected chi connectivity index (χ0v) is 13.8. The van der Waals surface area contributed by atoms with E-state index in [1.54, 1.807) is 24.3 Å². The summed E-state index contributed by atoms with van der Waals surface area (Å²) in [4.78, 5) is 24.2. The highest BCUT2D eigenvalue weighted by Crippen LogP contribution is 2.18. The monoisotopic (exact) mass is 331 g/mol. The van der Waals surface area contributed by atoms with Crippen molar-refractivity contribution >= 4 is 17.5 Å². The number of hydrogen-bond acceptors (Lipinski definition) is 4. The third-order valence-electron chi connectivity index (χ3n) is 4.55. The standard InChI is InChI=1S/C18H25N3O3/c22-17(11-16-12-24-10-9-19-16)20-15-7-5-13(6-8-15)18(23)21-14-3-1-2-4-14/h5-8,14,16,19H,1-4,9-12H2,(H,20,22)(H,21,23). The number of amides is 2. The van der Waals surface area contributed by atoms with Crippen LogP contribution in [0.1, 0.15) is 42.5 Å². The number of benzene rings is 1. The number of carbonyl (C=O) groups is 2. The Morgan fingerprint density at radius 2 is 1.92 bits per heavy atom. The number of morpholine rings is 1. The second-order valence-electron chi connectivity index (χ2n) is 6.51. The zero-order valence-electron chi connectivity index (χ0n) is 13.8. The quantitative estimate of drug-likeness (QED) is 0.767. The predicted octanol–water partition coefficient (Wildman–Crippen LogP) is 1.68. The van der Waals surface area contributed by atoms with Gasteiger partial charge in [-0.3, -0.25) is 9.59 Å². The van der Waals surface area contributed by atoms with Crippen molar-refractivity contribution in [3.8, 4) is 0 Å². The Hall–Kier alpha value is -1.92. The van der Waals surface area contributed by atoms with Crippen LogP contribution in [0.25, 0.3) is 0 Å². The smallest absolute Gasteiger partial charge is 0.251 e. The molecule has 1 aliphatic heterocycles. The molecule has 3 N–H and O–H groups in total. The van der Waals surface area contributed by atoms with Gasteiger partial charge in [0, 0.05) is 36.3 Å². The Kier molecular flexibility index (Phi) is 5.82. The summed E-state index contributed by atoms with van der Waals surface area (Å²) in [6.45, 7) is 2.04. The van der Waals surface area contributed by atoms with E-state index in [-0.39, 0.29) is 17.9 Å². The van der Waals surface area contributed by atoms with E-state index in [0.717, 1.165) is 19.4 Å². The molecule has 2 aliphatic rings. The van der Waals surface area contributed by atoms with Crippen LogP contribution >= 0.6 is 0 Å². The second kappa shape index (κ2) is 8.26. The molecule has 6 heteroatoms. The van der Waals surface area contributed by atoms with Gasteiger partial charge in [0.2, 0.25) is 5.91 Å². The summed E-state index contributed by atoms with van der Waals surface area (Å²) in [5.41, 5.74) is 1.33. The SMILES string of the molecule is O=C(CC1COCCN1)Nc1ccc(C(=O)NC2CCCC2)cc1. The van der Waals surface area contributed by atoms with Crippen LogP contribution in [-0.4, -0.2) is 43.7 Å². The zero-order chi connectivity index (χ0) is 16.8. The second-order valence-corrected chi connectivity index (χ2v) is 6.51. The van der Waals surface area contributed by atoms with Crippen LogP contribution in [0.15, 0.2) is 24.3 Å². The fourth-order valence-corrected chi connectivity index (χ4v) is 3.23. The Morgan fingerprint density at radius 1 is 1.17 bits per heavy atom. The van der Waals surface area contributed by atoms with E-state index in [1.165, 1.54) is 12.8 Å². The van der Waals surface area contributed by atoms with E-state index in [2.05, 4.69) is 16.0 Å². The molecular weight excluding hydrogens is 306 g/mol. The lowest BCUT2D eigenvalue weighted by molar-refractivity contribution is -0.117. The summed E-state index contributed by atoms with van der Waals surface area (Å²) < 4.78 is 5.34. The summed E-state index contributed by atoms with van der Waals surface area (Å²) in [6, 6.07) is 7.42. The van der Waals surface area contributed by atoms with Gasteiger partial charge in [0.25, 0.3) is 5.91 Å². The molecular formula is C18H25N3O3. The maximum absolute atomic E-state index is 12.2. The van der Waals surface area contributed by atoms with Gasteiger partial charge in [-0.2, -0.15) is 0 Å². The molecule has 1 aromatic rings. The topological polar surface area (TPSA) is 79.5 Å². The van der Waals surface area contributed by atoms with Crippen LogP contribution in [0.5, 0.6) is 0 Å². The van der Waals surface area contributed by atoms with E-state index in [4.69, 9.17) is 4.74 Å². The molecule has 1 saturated heterocycles. The summed E-state index contributed by atoms with van der Waals surface area (Å²) in [6.07, 6.45) is 4.90. The highest BCUT2D eigenvalue weighted by atomic mass is 16.5. The summed E-state index contributed by atoms with van der Waals surface area (Å²) >= 11 is 0. The van der Waals surface area contributed by atoms with E-state index >= 15 is 0 Å². The number of ether oxygens (including phenoxy) is 1. The Balaban J connectivity index is 1.48. The van der Waals surface area contributed by atoms with E-state index < -0.39 is 0 Å². The summed E-state index contributed by atoms with van der Waals surface area (Å²) in [7, 11) is 0. The highest BCUT2D eigenvalue weighted by Gasteiger charge is 2.19. The molecule has 1 saturated carbocycles. The average Bonchev–Trinajstić information content (AvgIpc) is 3.09. The lowest BCUT2D eigenvalue weighted by atomic mass is 10.1. The van der Waals surface area contributed by atoms with Crippen LogP contribution in [0.2, 0.25) is 0 Å². The first-order valence-electron chi connectivity index (χ1n) is 8.72. The van der Waals surface area contributed by atoms with Crippen molar-refractivity contribution in [1.82, 2.24) is 10.6 Å². The van der Waals surface area contributed by atoms with Gasteiger partial charge in [-0.05, 0) is 37.1 Å². The maximum Gasteiger partial charge on any atom is 0.251 e. The number of hydrogen-bond donors (Lipinski definition) is 3. The fraction of sp³-hybridized carbons (Fsp3) is 0.556. The number of anilines is 1. The highest BCUT2D eigenvalue weighted by molar-refractivity contribution is 5.96. The van der Waals surface area contributed by atoms with Gasteiger partial charge in [0.15, 0.2) is 0 Å². The minimum absolute atomic E-state index is 0.0386. The molecule has 130 valence electrons. The van der Waals surface area contributed by atoms with E-state index in [0.29, 0.717) is 36.9 Å². The van der Waals surface area contributed by atoms with E-state index in [1.807, 2.05) is 0 Å². The Bertz CT molecular complexity index is 561. The van der Waals surface area contributed by atoms with Gasteiger partial charge in [0.1, 0.15) is 0 Å². The van der Waals surface area contributed by atoms with Crippen LogP contribution in [0.4, 0.5) is 5.69 Å². The molecule has 1 unspecified atom stereocenters. The molecule has 0 radical (unpaired) electrons. The van der Waals surface area contributed by atoms with Gasteiger partial charge in [-0.15, -0.1) is 0 Å². The van der Waals surface area contributed by atoms with Crippen molar-refractivity contribution < 1.29 is 14.3 Å². The molecule has 24 heavy (non-hydrogen) atoms. The average molecular weight is 331 g/mol. The molecule has 0 spiro atoms. The van der Waals surface area contributed by atoms with Crippen molar-refractivity contribution in [3.05, 3.63) is 29.8 Å². The van der Waals surface area contributed by atoms with Gasteiger partial charge < -0.3 is 20.7 Å². The minimum atomic E-state index is -0.0545. The summed E-state index contributed by atoms with van der Waals surface area (Å²) in [5, 5.41) is 9.18. The number of rotatable bonds is 5. The first-order chi connectivity index (χ1) is 11.7. The fourth-order valence-electron chi connectivity index (χ4n) is 3.23. The van der Waals surface area contributed by atoms with Gasteiger partial charge in [-0.1, -0.05) is 12.8 Å². The third kappa shape index (κ3) is 4.79. The largest absolute Gasteiger partial charge is 0.378 e. The molecule has 2 amide bonds. The first-order valence-corrected chi connectivity index (χ1v) is 8.72. The lowest BCUT2D eigenvalue weighted by Crippen LogP contribution is -2.43. The Labute approximate surface area is 142 Å². The van der Waals surface area contributed by atoms with Crippen LogP contribution in [-0.2, 0) is 9.53 Å². The minimum Gasteiger partial charge on any atom is -0.378 e. The predicted molar refractivity (Wildman–Crippen MR) is 92.0 cm³/mol. The van der Waals surface area contributed by atoms with Crippen molar-refractivity contribution in [1.29, 1.82) is 0 Å².